The Hall–Kier alpha value is -0.940. The van der Waals surface area contributed by atoms with Crippen LogP contribution in [0, 0.1) is 0 Å². The molecule has 0 aromatic heterocycles. The molecule has 0 amide bonds. The maximum Gasteiger partial charge on any atom is 0.327 e. The third-order valence-electron chi connectivity index (χ3n) is 0.424. The van der Waals surface area contributed by atoms with Crippen LogP contribution >= 0.6 is 0 Å². The summed E-state index contributed by atoms with van der Waals surface area (Å²) in [5.41, 5.74) is 4.79. The van der Waals surface area contributed by atoms with Crippen molar-refractivity contribution in [2.24, 2.45) is 5.73 Å². The maximum atomic E-state index is 10.1. The summed E-state index contributed by atoms with van der Waals surface area (Å²) in [6.45, 7) is 0.896. The summed E-state index contributed by atoms with van der Waals surface area (Å²) in [5, 5.41) is 0. The molecule has 0 bridgehead atoms. The molecule has 0 saturated carbocycles. The van der Waals surface area contributed by atoms with Gasteiger partial charge < -0.3 is 15.9 Å². The molecule has 5 heteroatoms. The standard InChI is InChI=1S/C4H7NO3.H2O/c1-3(6)8-4(7)2-5;/h2,5H2,1H3;1H2. The number of rotatable bonds is 1. The Balaban J connectivity index is 0. The maximum absolute atomic E-state index is 10.1. The van der Waals surface area contributed by atoms with E-state index in [0.29, 0.717) is 0 Å². The molecule has 0 atom stereocenters. The number of hydrogen-bond acceptors (Lipinski definition) is 4. The molecule has 0 unspecified atom stereocenters. The zero-order chi connectivity index (χ0) is 6.57. The fourth-order valence-electron chi connectivity index (χ4n) is 0.202. The highest BCUT2D eigenvalue weighted by molar-refractivity contribution is 5.84. The van der Waals surface area contributed by atoms with Gasteiger partial charge in [0.2, 0.25) is 0 Å². The van der Waals surface area contributed by atoms with Gasteiger partial charge in [-0.3, -0.25) is 9.59 Å². The predicted molar refractivity (Wildman–Crippen MR) is 29.4 cm³/mol. The summed E-state index contributed by atoms with van der Waals surface area (Å²) in [7, 11) is 0. The molecular formula is C4H9NO4. The minimum atomic E-state index is -0.697. The molecule has 54 valence electrons. The second-order valence-electron chi connectivity index (χ2n) is 1.17. The SMILES string of the molecule is CC(=O)OC(=O)CN.O. The lowest BCUT2D eigenvalue weighted by Gasteiger charge is -1.92. The van der Waals surface area contributed by atoms with E-state index in [4.69, 9.17) is 5.73 Å². The Bertz CT molecular complexity index is 111. The smallest absolute Gasteiger partial charge is 0.327 e. The summed E-state index contributed by atoms with van der Waals surface area (Å²) < 4.78 is 4.00. The summed E-state index contributed by atoms with van der Waals surface area (Å²) in [5.74, 6) is -1.32. The third-order valence-corrected chi connectivity index (χ3v) is 0.424. The van der Waals surface area contributed by atoms with Gasteiger partial charge in [-0.1, -0.05) is 0 Å². The molecule has 0 fully saturated rings. The highest BCUT2D eigenvalue weighted by Crippen LogP contribution is 1.74. The van der Waals surface area contributed by atoms with Crippen LogP contribution in [0.15, 0.2) is 0 Å². The Morgan fingerprint density at radius 3 is 2.11 bits per heavy atom. The number of carbonyl (C=O) groups is 2. The quantitative estimate of drug-likeness (QED) is 0.339. The van der Waals surface area contributed by atoms with E-state index in [9.17, 15) is 9.59 Å². The lowest BCUT2D eigenvalue weighted by Crippen LogP contribution is -2.18. The van der Waals surface area contributed by atoms with Gasteiger partial charge in [-0.05, 0) is 0 Å². The zero-order valence-corrected chi connectivity index (χ0v) is 5.01. The van der Waals surface area contributed by atoms with Crippen molar-refractivity contribution in [3.63, 3.8) is 0 Å². The minimum absolute atomic E-state index is 0. The second-order valence-corrected chi connectivity index (χ2v) is 1.17. The molecule has 4 N–H and O–H groups in total. The largest absolute Gasteiger partial charge is 0.412 e. The number of esters is 2. The monoisotopic (exact) mass is 135 g/mol. The Morgan fingerprint density at radius 2 is 2.00 bits per heavy atom. The van der Waals surface area contributed by atoms with Gasteiger partial charge in [0.05, 0.1) is 6.54 Å². The number of ether oxygens (including phenoxy) is 1. The van der Waals surface area contributed by atoms with Gasteiger partial charge >= 0.3 is 11.9 Å². The van der Waals surface area contributed by atoms with Crippen LogP contribution < -0.4 is 5.73 Å². The van der Waals surface area contributed by atoms with Gasteiger partial charge in [-0.15, -0.1) is 0 Å². The highest BCUT2D eigenvalue weighted by Gasteiger charge is 1.99. The van der Waals surface area contributed by atoms with Crippen molar-refractivity contribution >= 4 is 11.9 Å². The van der Waals surface area contributed by atoms with E-state index >= 15 is 0 Å². The van der Waals surface area contributed by atoms with E-state index in [1.165, 1.54) is 0 Å². The van der Waals surface area contributed by atoms with E-state index in [0.717, 1.165) is 6.92 Å². The first-order chi connectivity index (χ1) is 3.66. The second kappa shape index (κ2) is 5.20. The van der Waals surface area contributed by atoms with E-state index in [1.54, 1.807) is 0 Å². The van der Waals surface area contributed by atoms with Crippen molar-refractivity contribution in [2.75, 3.05) is 6.54 Å². The van der Waals surface area contributed by atoms with Crippen LogP contribution in [0.1, 0.15) is 6.92 Å². The van der Waals surface area contributed by atoms with Gasteiger partial charge in [0, 0.05) is 6.92 Å². The number of nitrogens with two attached hydrogens (primary N) is 1. The molecule has 0 aliphatic carbocycles. The fourth-order valence-corrected chi connectivity index (χ4v) is 0.202. The molecule has 0 spiro atoms. The van der Waals surface area contributed by atoms with Gasteiger partial charge in [0.15, 0.2) is 0 Å². The van der Waals surface area contributed by atoms with Crippen molar-refractivity contribution in [3.05, 3.63) is 0 Å². The zero-order valence-electron chi connectivity index (χ0n) is 5.01. The van der Waals surface area contributed by atoms with Crippen molar-refractivity contribution in [3.8, 4) is 0 Å². The van der Waals surface area contributed by atoms with Crippen LogP contribution in [0.2, 0.25) is 0 Å². The van der Waals surface area contributed by atoms with Gasteiger partial charge in [0.25, 0.3) is 0 Å². The van der Waals surface area contributed by atoms with Crippen molar-refractivity contribution < 1.29 is 19.8 Å². The average molecular weight is 135 g/mol. The van der Waals surface area contributed by atoms with Gasteiger partial charge in [-0.2, -0.15) is 0 Å². The normalized spacial score (nSPS) is 7.33. The Kier molecular flexibility index (Phi) is 6.32. The van der Waals surface area contributed by atoms with Crippen molar-refractivity contribution in [2.45, 2.75) is 6.92 Å². The molecule has 0 aromatic rings. The van der Waals surface area contributed by atoms with Gasteiger partial charge in [0.1, 0.15) is 0 Å². The van der Waals surface area contributed by atoms with Crippen LogP contribution in [0.3, 0.4) is 0 Å². The van der Waals surface area contributed by atoms with Crippen molar-refractivity contribution in [1.29, 1.82) is 0 Å². The Morgan fingerprint density at radius 1 is 1.56 bits per heavy atom. The van der Waals surface area contributed by atoms with Crippen LogP contribution in [0.4, 0.5) is 0 Å². The van der Waals surface area contributed by atoms with E-state index in [-0.39, 0.29) is 12.0 Å². The molecule has 0 aromatic carbocycles. The molecule has 0 saturated heterocycles. The van der Waals surface area contributed by atoms with Crippen molar-refractivity contribution in [1.82, 2.24) is 0 Å². The molecule has 0 rings (SSSR count). The lowest BCUT2D eigenvalue weighted by atomic mass is 10.7. The third kappa shape index (κ3) is 7.06. The molecule has 5 nitrogen and oxygen atoms in total. The first-order valence-corrected chi connectivity index (χ1v) is 2.08. The van der Waals surface area contributed by atoms with Crippen LogP contribution in [-0.2, 0) is 14.3 Å². The summed E-state index contributed by atoms with van der Waals surface area (Å²) in [4.78, 5) is 20.0. The number of carbonyl (C=O) groups excluding carboxylic acids is 2. The first-order valence-electron chi connectivity index (χ1n) is 2.08. The number of hydrogen-bond donors (Lipinski definition) is 1. The van der Waals surface area contributed by atoms with Crippen LogP contribution in [-0.4, -0.2) is 24.0 Å². The van der Waals surface area contributed by atoms with Gasteiger partial charge in [-0.25, -0.2) is 0 Å². The topological polar surface area (TPSA) is 101 Å². The summed E-state index contributed by atoms with van der Waals surface area (Å²) >= 11 is 0. The molecular weight excluding hydrogens is 126 g/mol. The minimum Gasteiger partial charge on any atom is -0.412 e. The molecule has 0 aliphatic heterocycles. The fraction of sp³-hybridized carbons (Fsp3) is 0.500. The molecule has 0 radical (unpaired) electrons. The predicted octanol–water partition coefficient (Wildman–Crippen LogP) is -1.79. The Labute approximate surface area is 52.1 Å². The molecule has 9 heavy (non-hydrogen) atoms. The van der Waals surface area contributed by atoms with E-state index < -0.39 is 11.9 Å². The average Bonchev–Trinajstić information content (AvgIpc) is 1.65. The van der Waals surface area contributed by atoms with Crippen LogP contribution in [0.25, 0.3) is 0 Å². The summed E-state index contributed by atoms with van der Waals surface area (Å²) in [6, 6.07) is 0. The van der Waals surface area contributed by atoms with E-state index in [1.807, 2.05) is 0 Å². The molecule has 0 aliphatic rings. The van der Waals surface area contributed by atoms with E-state index in [2.05, 4.69) is 4.74 Å². The first kappa shape index (κ1) is 10.9. The lowest BCUT2D eigenvalue weighted by molar-refractivity contribution is -0.156. The molecule has 0 heterocycles. The summed E-state index contributed by atoms with van der Waals surface area (Å²) in [6.07, 6.45) is 0. The highest BCUT2D eigenvalue weighted by atomic mass is 16.6. The van der Waals surface area contributed by atoms with Crippen LogP contribution in [0.5, 0.6) is 0 Å².